The van der Waals surface area contributed by atoms with Gasteiger partial charge in [-0.2, -0.15) is 0 Å². The van der Waals surface area contributed by atoms with E-state index in [1.807, 2.05) is 30.3 Å². The molecule has 0 atom stereocenters. The highest BCUT2D eigenvalue weighted by molar-refractivity contribution is 5.94. The molecule has 2 N–H and O–H groups in total. The molecule has 1 aliphatic heterocycles. The molecule has 25 heavy (non-hydrogen) atoms. The molecule has 2 aromatic carbocycles. The fourth-order valence-electron chi connectivity index (χ4n) is 3.60. The fraction of sp³-hybridized carbons (Fsp3) is 0.300. The zero-order chi connectivity index (χ0) is 17.2. The standard InChI is InChI=1S/C20H22N4O/c1-21-20(25)15-8-6-14(7-9-15)19-23-17-4-2-3-5-18(17)24(19)16-10-12-22-13-11-16/h2-9,16,22H,10-13H2,1H3,(H,21,25). The molecule has 0 bridgehead atoms. The summed E-state index contributed by atoms with van der Waals surface area (Å²) in [7, 11) is 1.65. The summed E-state index contributed by atoms with van der Waals surface area (Å²) < 4.78 is 2.38. The van der Waals surface area contributed by atoms with Crippen molar-refractivity contribution in [3.05, 3.63) is 54.1 Å². The van der Waals surface area contributed by atoms with E-state index >= 15 is 0 Å². The van der Waals surface area contributed by atoms with Crippen molar-refractivity contribution in [2.24, 2.45) is 0 Å². The maximum atomic E-state index is 11.8. The normalized spacial score (nSPS) is 15.4. The van der Waals surface area contributed by atoms with E-state index in [1.165, 1.54) is 5.52 Å². The predicted octanol–water partition coefficient (Wildman–Crippen LogP) is 2.99. The second-order valence-electron chi connectivity index (χ2n) is 6.43. The van der Waals surface area contributed by atoms with Crippen LogP contribution in [0.2, 0.25) is 0 Å². The summed E-state index contributed by atoms with van der Waals surface area (Å²) in [6.07, 6.45) is 2.20. The van der Waals surface area contributed by atoms with Gasteiger partial charge in [-0.15, -0.1) is 0 Å². The van der Waals surface area contributed by atoms with Crippen molar-refractivity contribution in [1.82, 2.24) is 20.2 Å². The number of benzene rings is 2. The number of nitrogens with one attached hydrogen (secondary N) is 2. The van der Waals surface area contributed by atoms with Gasteiger partial charge in [-0.05, 0) is 50.2 Å². The van der Waals surface area contributed by atoms with Crippen molar-refractivity contribution in [2.75, 3.05) is 20.1 Å². The Hall–Kier alpha value is -2.66. The third kappa shape index (κ3) is 2.91. The van der Waals surface area contributed by atoms with Crippen LogP contribution in [0.25, 0.3) is 22.4 Å². The molecule has 0 saturated carbocycles. The Morgan fingerprint density at radius 3 is 2.56 bits per heavy atom. The maximum absolute atomic E-state index is 11.8. The Balaban J connectivity index is 1.82. The average molecular weight is 334 g/mol. The summed E-state index contributed by atoms with van der Waals surface area (Å²) in [5, 5.41) is 6.09. The SMILES string of the molecule is CNC(=O)c1ccc(-c2nc3ccccc3n2C2CCNCC2)cc1. The lowest BCUT2D eigenvalue weighted by Gasteiger charge is -2.26. The largest absolute Gasteiger partial charge is 0.355 e. The second kappa shape index (κ2) is 6.69. The highest BCUT2D eigenvalue weighted by atomic mass is 16.1. The van der Waals surface area contributed by atoms with E-state index in [-0.39, 0.29) is 5.91 Å². The van der Waals surface area contributed by atoms with Crippen LogP contribution in [0, 0.1) is 0 Å². The number of fused-ring (bicyclic) bond motifs is 1. The first-order valence-electron chi connectivity index (χ1n) is 8.78. The number of piperidine rings is 1. The zero-order valence-electron chi connectivity index (χ0n) is 14.3. The predicted molar refractivity (Wildman–Crippen MR) is 99.7 cm³/mol. The molecule has 1 aliphatic rings. The van der Waals surface area contributed by atoms with Crippen LogP contribution in [0.15, 0.2) is 48.5 Å². The first-order chi connectivity index (χ1) is 12.3. The van der Waals surface area contributed by atoms with Crippen molar-refractivity contribution >= 4 is 16.9 Å². The van der Waals surface area contributed by atoms with Crippen LogP contribution < -0.4 is 10.6 Å². The molecule has 128 valence electrons. The van der Waals surface area contributed by atoms with Crippen molar-refractivity contribution in [1.29, 1.82) is 0 Å². The molecule has 0 aliphatic carbocycles. The topological polar surface area (TPSA) is 59.0 Å². The minimum Gasteiger partial charge on any atom is -0.355 e. The number of carbonyl (C=O) groups excluding carboxylic acids is 1. The van der Waals surface area contributed by atoms with Gasteiger partial charge in [0.15, 0.2) is 0 Å². The van der Waals surface area contributed by atoms with Gasteiger partial charge >= 0.3 is 0 Å². The monoisotopic (exact) mass is 334 g/mol. The zero-order valence-corrected chi connectivity index (χ0v) is 14.3. The molecule has 1 aromatic heterocycles. The average Bonchev–Trinajstić information content (AvgIpc) is 3.07. The van der Waals surface area contributed by atoms with Gasteiger partial charge in [0.1, 0.15) is 5.82 Å². The quantitative estimate of drug-likeness (QED) is 0.774. The molecule has 5 heteroatoms. The Morgan fingerprint density at radius 2 is 1.84 bits per heavy atom. The van der Waals surface area contributed by atoms with Crippen LogP contribution in [0.4, 0.5) is 0 Å². The molecule has 1 amide bonds. The minimum absolute atomic E-state index is 0.0709. The van der Waals surface area contributed by atoms with Crippen molar-refractivity contribution in [2.45, 2.75) is 18.9 Å². The van der Waals surface area contributed by atoms with Crippen LogP contribution in [0.1, 0.15) is 29.2 Å². The molecular weight excluding hydrogens is 312 g/mol. The summed E-state index contributed by atoms with van der Waals surface area (Å²) in [5.74, 6) is 0.912. The third-order valence-electron chi connectivity index (χ3n) is 4.90. The number of aromatic nitrogens is 2. The Labute approximate surface area is 147 Å². The van der Waals surface area contributed by atoms with Gasteiger partial charge in [0.05, 0.1) is 11.0 Å². The van der Waals surface area contributed by atoms with Crippen molar-refractivity contribution < 1.29 is 4.79 Å². The molecule has 1 saturated heterocycles. The minimum atomic E-state index is -0.0709. The van der Waals surface area contributed by atoms with Gasteiger partial charge in [0, 0.05) is 24.2 Å². The smallest absolute Gasteiger partial charge is 0.251 e. The van der Waals surface area contributed by atoms with Crippen LogP contribution in [0.3, 0.4) is 0 Å². The van der Waals surface area contributed by atoms with Crippen LogP contribution in [-0.4, -0.2) is 35.6 Å². The van der Waals surface area contributed by atoms with E-state index in [0.29, 0.717) is 11.6 Å². The number of imidazole rings is 1. The van der Waals surface area contributed by atoms with Crippen LogP contribution in [0.5, 0.6) is 0 Å². The van der Waals surface area contributed by atoms with Crippen molar-refractivity contribution in [3.63, 3.8) is 0 Å². The van der Waals surface area contributed by atoms with Gasteiger partial charge in [-0.1, -0.05) is 24.3 Å². The van der Waals surface area contributed by atoms with Crippen LogP contribution >= 0.6 is 0 Å². The van der Waals surface area contributed by atoms with E-state index in [0.717, 1.165) is 42.8 Å². The molecule has 0 unspecified atom stereocenters. The maximum Gasteiger partial charge on any atom is 0.251 e. The second-order valence-corrected chi connectivity index (χ2v) is 6.43. The molecule has 5 nitrogen and oxygen atoms in total. The number of nitrogens with zero attached hydrogens (tertiary/aromatic N) is 2. The summed E-state index contributed by atoms with van der Waals surface area (Å²) in [5.41, 5.74) is 3.91. The van der Waals surface area contributed by atoms with E-state index in [4.69, 9.17) is 4.98 Å². The third-order valence-corrected chi connectivity index (χ3v) is 4.90. The first kappa shape index (κ1) is 15.8. The van der Waals surface area contributed by atoms with Crippen LogP contribution in [-0.2, 0) is 0 Å². The van der Waals surface area contributed by atoms with Gasteiger partial charge in [-0.3, -0.25) is 4.79 Å². The molecule has 0 radical (unpaired) electrons. The molecule has 0 spiro atoms. The number of rotatable bonds is 3. The molecule has 3 aromatic rings. The van der Waals surface area contributed by atoms with Gasteiger partial charge in [0.2, 0.25) is 0 Å². The van der Waals surface area contributed by atoms with Gasteiger partial charge < -0.3 is 15.2 Å². The summed E-state index contributed by atoms with van der Waals surface area (Å²) in [4.78, 5) is 16.7. The lowest BCUT2D eigenvalue weighted by Crippen LogP contribution is -2.29. The first-order valence-corrected chi connectivity index (χ1v) is 8.78. The Bertz CT molecular complexity index is 892. The molecule has 4 rings (SSSR count). The van der Waals surface area contributed by atoms with Crippen molar-refractivity contribution in [3.8, 4) is 11.4 Å². The van der Waals surface area contributed by atoms with Gasteiger partial charge in [0.25, 0.3) is 5.91 Å². The lowest BCUT2D eigenvalue weighted by atomic mass is 10.0. The van der Waals surface area contributed by atoms with E-state index in [9.17, 15) is 4.79 Å². The molecule has 2 heterocycles. The fourth-order valence-corrected chi connectivity index (χ4v) is 3.60. The number of hydrogen-bond acceptors (Lipinski definition) is 3. The van der Waals surface area contributed by atoms with E-state index < -0.39 is 0 Å². The molecule has 1 fully saturated rings. The summed E-state index contributed by atoms with van der Waals surface area (Å²) in [6, 6.07) is 16.5. The van der Waals surface area contributed by atoms with E-state index in [1.54, 1.807) is 7.05 Å². The number of hydrogen-bond donors (Lipinski definition) is 2. The summed E-state index contributed by atoms with van der Waals surface area (Å²) in [6.45, 7) is 2.07. The lowest BCUT2D eigenvalue weighted by molar-refractivity contribution is 0.0963. The summed E-state index contributed by atoms with van der Waals surface area (Å²) >= 11 is 0. The van der Waals surface area contributed by atoms with Gasteiger partial charge in [-0.25, -0.2) is 4.98 Å². The van der Waals surface area contributed by atoms with E-state index in [2.05, 4.69) is 33.4 Å². The highest BCUT2D eigenvalue weighted by Gasteiger charge is 2.22. The number of amides is 1. The number of carbonyl (C=O) groups is 1. The number of para-hydroxylation sites is 2. The highest BCUT2D eigenvalue weighted by Crippen LogP contribution is 2.32. The Kier molecular flexibility index (Phi) is 4.24. The Morgan fingerprint density at radius 1 is 1.12 bits per heavy atom. The molecular formula is C20H22N4O.